The lowest BCUT2D eigenvalue weighted by Gasteiger charge is -2.15. The molecule has 1 aromatic carbocycles. The zero-order valence-electron chi connectivity index (χ0n) is 13.7. The van der Waals surface area contributed by atoms with Crippen molar-refractivity contribution < 1.29 is 24.0 Å². The van der Waals surface area contributed by atoms with Gasteiger partial charge in [0.25, 0.3) is 0 Å². The van der Waals surface area contributed by atoms with Crippen molar-refractivity contribution >= 4 is 17.6 Å². The molecular weight excluding hydrogens is 326 g/mol. The molecule has 2 atom stereocenters. The fourth-order valence-corrected chi connectivity index (χ4v) is 2.21. The highest BCUT2D eigenvalue weighted by Gasteiger charge is 2.30. The Labute approximate surface area is 144 Å². The third-order valence-electron chi connectivity index (χ3n) is 3.64. The normalized spacial score (nSPS) is 12.7. The highest BCUT2D eigenvalue weighted by atomic mass is 16.5. The van der Waals surface area contributed by atoms with Crippen molar-refractivity contribution in [3.05, 3.63) is 47.3 Å². The number of rotatable bonds is 6. The van der Waals surface area contributed by atoms with Crippen LogP contribution in [-0.4, -0.2) is 29.2 Å². The molecule has 0 aliphatic rings. The maximum atomic E-state index is 12.3. The molecule has 0 radical (unpaired) electrons. The second-order valence-corrected chi connectivity index (χ2v) is 5.33. The molecule has 0 saturated carbocycles. The Kier molecular flexibility index (Phi) is 5.87. The number of aliphatic hydroxyl groups excluding tert-OH is 1. The summed E-state index contributed by atoms with van der Waals surface area (Å²) < 4.78 is 9.42. The van der Waals surface area contributed by atoms with Gasteiger partial charge in [-0.25, -0.2) is 0 Å². The highest BCUT2D eigenvalue weighted by Crippen LogP contribution is 2.25. The number of benzene rings is 1. The maximum Gasteiger partial charge on any atom is 0.309 e. The molecule has 2 rings (SSSR count). The number of anilines is 1. The summed E-state index contributed by atoms with van der Waals surface area (Å²) >= 11 is 0. The minimum absolute atomic E-state index is 0.122. The number of nitrogens with zero attached hydrogens (tertiary/aromatic N) is 2. The van der Waals surface area contributed by atoms with Crippen LogP contribution in [0.15, 0.2) is 35.0 Å². The van der Waals surface area contributed by atoms with Crippen molar-refractivity contribution in [2.24, 2.45) is 5.92 Å². The molecular formula is C17H17N3O5. The van der Waals surface area contributed by atoms with Crippen molar-refractivity contribution in [3.63, 3.8) is 0 Å². The van der Waals surface area contributed by atoms with Crippen LogP contribution >= 0.6 is 0 Å². The van der Waals surface area contributed by atoms with Gasteiger partial charge in [0.05, 0.1) is 25.8 Å². The van der Waals surface area contributed by atoms with E-state index in [2.05, 4.69) is 15.2 Å². The van der Waals surface area contributed by atoms with Gasteiger partial charge < -0.3 is 19.7 Å². The van der Waals surface area contributed by atoms with Crippen LogP contribution in [0.2, 0.25) is 0 Å². The van der Waals surface area contributed by atoms with Crippen LogP contribution in [-0.2, 0) is 20.7 Å². The van der Waals surface area contributed by atoms with Crippen LogP contribution in [0.4, 0.5) is 5.69 Å². The fraction of sp³-hybridized carbons (Fsp3) is 0.294. The lowest BCUT2D eigenvalue weighted by Crippen LogP contribution is -2.27. The third kappa shape index (κ3) is 4.43. The molecule has 8 heteroatoms. The average Bonchev–Trinajstić information content (AvgIpc) is 3.03. The average molecular weight is 343 g/mol. The minimum Gasteiger partial charge on any atom is -0.469 e. The Morgan fingerprint density at radius 2 is 2.08 bits per heavy atom. The van der Waals surface area contributed by atoms with Gasteiger partial charge in [-0.05, 0) is 24.6 Å². The third-order valence-corrected chi connectivity index (χ3v) is 3.64. The number of ether oxygens (including phenoxy) is 1. The summed E-state index contributed by atoms with van der Waals surface area (Å²) in [6, 6.07) is 8.31. The summed E-state index contributed by atoms with van der Waals surface area (Å²) in [6.45, 7) is 1.58. The minimum atomic E-state index is -1.35. The zero-order valence-corrected chi connectivity index (χ0v) is 13.7. The summed E-state index contributed by atoms with van der Waals surface area (Å²) in [5.74, 6) is -2.01. The van der Waals surface area contributed by atoms with Gasteiger partial charge in [0.2, 0.25) is 5.91 Å². The number of esters is 1. The van der Waals surface area contributed by atoms with E-state index in [1.807, 2.05) is 0 Å². The number of aromatic nitrogens is 1. The van der Waals surface area contributed by atoms with Crippen molar-refractivity contribution in [2.75, 3.05) is 12.4 Å². The first kappa shape index (κ1) is 18.2. The summed E-state index contributed by atoms with van der Waals surface area (Å²) in [5, 5.41) is 25.6. The molecule has 2 unspecified atom stereocenters. The van der Waals surface area contributed by atoms with E-state index < -0.39 is 17.9 Å². The topological polar surface area (TPSA) is 125 Å². The Bertz CT molecular complexity index is 791. The lowest BCUT2D eigenvalue weighted by molar-refractivity contribution is -0.139. The summed E-state index contributed by atoms with van der Waals surface area (Å²) in [6.07, 6.45) is 0.0471. The number of nitrogens with one attached hydrogen (secondary N) is 1. The molecule has 1 aromatic heterocycles. The van der Waals surface area contributed by atoms with E-state index >= 15 is 0 Å². The summed E-state index contributed by atoms with van der Waals surface area (Å²) in [4.78, 5) is 23.5. The molecule has 0 fully saturated rings. The van der Waals surface area contributed by atoms with Gasteiger partial charge in [-0.2, -0.15) is 5.26 Å². The number of hydrogen-bond donors (Lipinski definition) is 2. The van der Waals surface area contributed by atoms with Crippen LogP contribution in [0.1, 0.15) is 23.0 Å². The number of carbonyl (C=O) groups is 2. The van der Waals surface area contributed by atoms with Gasteiger partial charge in [-0.1, -0.05) is 17.3 Å². The fourth-order valence-electron chi connectivity index (χ4n) is 2.21. The summed E-state index contributed by atoms with van der Waals surface area (Å²) in [7, 11) is 1.31. The first-order valence-electron chi connectivity index (χ1n) is 7.41. The van der Waals surface area contributed by atoms with Gasteiger partial charge >= 0.3 is 5.97 Å². The number of hydrogen-bond acceptors (Lipinski definition) is 7. The SMILES string of the molecule is COC(=O)Cc1ccc(NC(=O)C(C#N)C(O)c2cnoc2C)cc1. The number of methoxy groups -OCH3 is 1. The van der Waals surface area contributed by atoms with E-state index in [0.717, 1.165) is 5.56 Å². The molecule has 0 aliphatic heterocycles. The Morgan fingerprint density at radius 1 is 1.40 bits per heavy atom. The predicted molar refractivity (Wildman–Crippen MR) is 86.1 cm³/mol. The van der Waals surface area contributed by atoms with Crippen molar-refractivity contribution in [1.29, 1.82) is 5.26 Å². The number of aryl methyl sites for hydroxylation is 1. The largest absolute Gasteiger partial charge is 0.469 e. The van der Waals surface area contributed by atoms with Gasteiger partial charge in [0, 0.05) is 11.3 Å². The Morgan fingerprint density at radius 3 is 2.60 bits per heavy atom. The summed E-state index contributed by atoms with van der Waals surface area (Å²) in [5.41, 5.74) is 1.45. The number of nitriles is 1. The molecule has 8 nitrogen and oxygen atoms in total. The quantitative estimate of drug-likeness (QED) is 0.761. The van der Waals surface area contributed by atoms with E-state index in [-0.39, 0.29) is 18.0 Å². The molecule has 0 bridgehead atoms. The molecule has 25 heavy (non-hydrogen) atoms. The molecule has 130 valence electrons. The molecule has 1 amide bonds. The highest BCUT2D eigenvalue weighted by molar-refractivity contribution is 5.94. The first-order valence-corrected chi connectivity index (χ1v) is 7.41. The van der Waals surface area contributed by atoms with Crippen LogP contribution in [0.3, 0.4) is 0 Å². The van der Waals surface area contributed by atoms with Crippen LogP contribution in [0.5, 0.6) is 0 Å². The van der Waals surface area contributed by atoms with Crippen molar-refractivity contribution in [1.82, 2.24) is 5.16 Å². The number of carbonyl (C=O) groups excluding carboxylic acids is 2. The lowest BCUT2D eigenvalue weighted by atomic mass is 9.97. The zero-order chi connectivity index (χ0) is 18.4. The first-order chi connectivity index (χ1) is 12.0. The van der Waals surface area contributed by atoms with Crippen LogP contribution < -0.4 is 5.32 Å². The van der Waals surface area contributed by atoms with E-state index in [9.17, 15) is 20.0 Å². The van der Waals surface area contributed by atoms with Crippen molar-refractivity contribution in [2.45, 2.75) is 19.4 Å². The monoisotopic (exact) mass is 343 g/mol. The van der Waals surface area contributed by atoms with Gasteiger partial charge in [-0.3, -0.25) is 9.59 Å². The molecule has 0 spiro atoms. The standard InChI is InChI=1S/C17H17N3O5/c1-10-14(9-19-25-10)16(22)13(8-18)17(23)20-12-5-3-11(4-6-12)7-15(21)24-2/h3-6,9,13,16,22H,7H2,1-2H3,(H,20,23). The predicted octanol–water partition coefficient (Wildman–Crippen LogP) is 1.51. The maximum absolute atomic E-state index is 12.3. The number of amides is 1. The second kappa shape index (κ2) is 8.08. The van der Waals surface area contributed by atoms with Gasteiger partial charge in [0.15, 0.2) is 5.92 Å². The molecule has 0 saturated heterocycles. The number of aliphatic hydroxyl groups is 1. The van der Waals surface area contributed by atoms with E-state index in [1.54, 1.807) is 37.3 Å². The molecule has 2 N–H and O–H groups in total. The van der Waals surface area contributed by atoms with Crippen LogP contribution in [0.25, 0.3) is 0 Å². The van der Waals surface area contributed by atoms with Crippen molar-refractivity contribution in [3.8, 4) is 6.07 Å². The molecule has 0 aliphatic carbocycles. The van der Waals surface area contributed by atoms with E-state index in [0.29, 0.717) is 11.4 Å². The second-order valence-electron chi connectivity index (χ2n) is 5.33. The van der Waals surface area contributed by atoms with E-state index in [1.165, 1.54) is 13.3 Å². The Hall–Kier alpha value is -3.18. The van der Waals surface area contributed by atoms with E-state index in [4.69, 9.17) is 4.52 Å². The molecule has 1 heterocycles. The van der Waals surface area contributed by atoms with Crippen LogP contribution in [0, 0.1) is 24.2 Å². The Balaban J connectivity index is 2.06. The van der Waals surface area contributed by atoms with Gasteiger partial charge in [0.1, 0.15) is 11.9 Å². The van der Waals surface area contributed by atoms with Gasteiger partial charge in [-0.15, -0.1) is 0 Å². The molecule has 2 aromatic rings. The smallest absolute Gasteiger partial charge is 0.309 e.